The van der Waals surface area contributed by atoms with Crippen LogP contribution in [0.5, 0.6) is 0 Å². The van der Waals surface area contributed by atoms with E-state index in [4.69, 9.17) is 17.2 Å². The highest BCUT2D eigenvalue weighted by molar-refractivity contribution is 9.10. The first-order valence-electron chi connectivity index (χ1n) is 6.13. The van der Waals surface area contributed by atoms with Gasteiger partial charge in [-0.15, -0.1) is 0 Å². The lowest BCUT2D eigenvalue weighted by molar-refractivity contribution is -0.123. The van der Waals surface area contributed by atoms with Gasteiger partial charge in [0.2, 0.25) is 11.8 Å². The van der Waals surface area contributed by atoms with Gasteiger partial charge in [0, 0.05) is 10.5 Å². The van der Waals surface area contributed by atoms with Gasteiger partial charge in [0.15, 0.2) is 0 Å². The van der Waals surface area contributed by atoms with E-state index in [1.165, 1.54) is 0 Å². The molecule has 0 heterocycles. The monoisotopic (exact) mass is 342 g/mol. The Morgan fingerprint density at radius 2 is 1.70 bits per heavy atom. The Morgan fingerprint density at radius 3 is 2.10 bits per heavy atom. The van der Waals surface area contributed by atoms with Crippen molar-refractivity contribution >= 4 is 27.7 Å². The molecule has 0 aliphatic heterocycles. The van der Waals surface area contributed by atoms with E-state index in [0.29, 0.717) is 0 Å². The fourth-order valence-corrected chi connectivity index (χ4v) is 2.70. The highest BCUT2D eigenvalue weighted by Crippen LogP contribution is 2.29. The first-order chi connectivity index (χ1) is 9.32. The molecule has 0 fully saturated rings. The molecule has 0 aliphatic carbocycles. The predicted octanol–water partition coefficient (Wildman–Crippen LogP) is 0.110. The molecule has 0 saturated heterocycles. The van der Waals surface area contributed by atoms with Crippen molar-refractivity contribution in [2.45, 2.75) is 19.0 Å². The molecule has 6 nitrogen and oxygen atoms in total. The molecule has 0 aliphatic rings. The van der Waals surface area contributed by atoms with Gasteiger partial charge in [-0.3, -0.25) is 14.5 Å². The van der Waals surface area contributed by atoms with Crippen molar-refractivity contribution in [2.24, 2.45) is 17.2 Å². The van der Waals surface area contributed by atoms with Crippen LogP contribution < -0.4 is 17.2 Å². The Balaban J connectivity index is 3.17. The Hall–Kier alpha value is -1.44. The average molecular weight is 343 g/mol. The van der Waals surface area contributed by atoms with Crippen LogP contribution in [0.25, 0.3) is 0 Å². The van der Waals surface area contributed by atoms with E-state index in [2.05, 4.69) is 15.9 Å². The van der Waals surface area contributed by atoms with E-state index >= 15 is 0 Å². The molecule has 0 radical (unpaired) electrons. The average Bonchev–Trinajstić information content (AvgIpc) is 2.29. The highest BCUT2D eigenvalue weighted by atomic mass is 79.9. The number of halogens is 1. The van der Waals surface area contributed by atoms with Crippen LogP contribution in [0.3, 0.4) is 0 Å². The second-order valence-corrected chi connectivity index (χ2v) is 5.52. The summed E-state index contributed by atoms with van der Waals surface area (Å²) in [6, 6.07) is 6.84. The SMILES string of the molecule is CC(N)C(c1ccccc1Br)N(CC(N)=O)CC(N)=O. The van der Waals surface area contributed by atoms with Crippen molar-refractivity contribution in [3.63, 3.8) is 0 Å². The van der Waals surface area contributed by atoms with E-state index in [1.807, 2.05) is 24.3 Å². The minimum Gasteiger partial charge on any atom is -0.369 e. The van der Waals surface area contributed by atoms with E-state index < -0.39 is 11.8 Å². The molecule has 0 spiro atoms. The van der Waals surface area contributed by atoms with Crippen LogP contribution in [0.15, 0.2) is 28.7 Å². The summed E-state index contributed by atoms with van der Waals surface area (Å²) < 4.78 is 0.848. The third-order valence-electron chi connectivity index (χ3n) is 2.83. The Morgan fingerprint density at radius 1 is 1.20 bits per heavy atom. The molecular formula is C13H19BrN4O2. The molecule has 1 aromatic rings. The molecule has 7 heteroatoms. The number of hydrogen-bond donors (Lipinski definition) is 3. The summed E-state index contributed by atoms with van der Waals surface area (Å²) in [6.07, 6.45) is 0. The number of rotatable bonds is 7. The third-order valence-corrected chi connectivity index (χ3v) is 3.56. The zero-order valence-corrected chi connectivity index (χ0v) is 12.8. The van der Waals surface area contributed by atoms with Gasteiger partial charge in [0.05, 0.1) is 19.1 Å². The van der Waals surface area contributed by atoms with Crippen LogP contribution in [0.2, 0.25) is 0 Å². The van der Waals surface area contributed by atoms with E-state index in [9.17, 15) is 9.59 Å². The maximum atomic E-state index is 11.2. The topological polar surface area (TPSA) is 115 Å². The lowest BCUT2D eigenvalue weighted by atomic mass is 9.99. The molecule has 2 amide bonds. The number of benzene rings is 1. The largest absolute Gasteiger partial charge is 0.369 e. The van der Waals surface area contributed by atoms with E-state index in [1.54, 1.807) is 11.8 Å². The Bertz CT molecular complexity index is 477. The molecule has 1 rings (SSSR count). The van der Waals surface area contributed by atoms with E-state index in [0.717, 1.165) is 10.0 Å². The Kier molecular flexibility index (Phi) is 6.12. The molecular weight excluding hydrogens is 324 g/mol. The molecule has 2 atom stereocenters. The summed E-state index contributed by atoms with van der Waals surface area (Å²) in [7, 11) is 0. The maximum Gasteiger partial charge on any atom is 0.231 e. The van der Waals surface area contributed by atoms with Gasteiger partial charge in [0.1, 0.15) is 0 Å². The standard InChI is InChI=1S/C13H19BrN4O2/c1-8(15)13(9-4-2-3-5-10(9)14)18(6-11(16)19)7-12(17)20/h2-5,8,13H,6-7,15H2,1H3,(H2,16,19)(H2,17,20). The fraction of sp³-hybridized carbons (Fsp3) is 0.385. The fourth-order valence-electron chi connectivity index (χ4n) is 2.18. The van der Waals surface area contributed by atoms with Crippen LogP contribution in [0.1, 0.15) is 18.5 Å². The summed E-state index contributed by atoms with van der Waals surface area (Å²) in [4.78, 5) is 24.0. The first-order valence-corrected chi connectivity index (χ1v) is 6.93. The maximum absolute atomic E-state index is 11.2. The second-order valence-electron chi connectivity index (χ2n) is 4.66. The summed E-state index contributed by atoms with van der Waals surface area (Å²) >= 11 is 3.45. The van der Waals surface area contributed by atoms with E-state index in [-0.39, 0.29) is 25.2 Å². The minimum absolute atomic E-state index is 0.0868. The number of primary amides is 2. The lowest BCUT2D eigenvalue weighted by Crippen LogP contribution is -2.47. The van der Waals surface area contributed by atoms with Crippen LogP contribution in [-0.4, -0.2) is 35.8 Å². The van der Waals surface area contributed by atoms with Crippen molar-refractivity contribution < 1.29 is 9.59 Å². The first kappa shape index (κ1) is 16.6. The summed E-state index contributed by atoms with van der Waals surface area (Å²) in [6.45, 7) is 1.63. The molecule has 0 aromatic heterocycles. The van der Waals surface area contributed by atoms with Gasteiger partial charge in [-0.05, 0) is 18.6 Å². The normalized spacial score (nSPS) is 14.0. The number of hydrogen-bond acceptors (Lipinski definition) is 4. The number of nitrogens with two attached hydrogens (primary N) is 3. The van der Waals surface area contributed by atoms with Crippen molar-refractivity contribution in [2.75, 3.05) is 13.1 Å². The van der Waals surface area contributed by atoms with Crippen LogP contribution in [0, 0.1) is 0 Å². The molecule has 0 bridgehead atoms. The van der Waals surface area contributed by atoms with Gasteiger partial charge in [-0.25, -0.2) is 0 Å². The van der Waals surface area contributed by atoms with Crippen molar-refractivity contribution in [3.05, 3.63) is 34.3 Å². The zero-order chi connectivity index (χ0) is 15.3. The summed E-state index contributed by atoms with van der Waals surface area (Å²) in [5.41, 5.74) is 17.4. The molecule has 2 unspecified atom stereocenters. The Labute approximate surface area is 126 Å². The van der Waals surface area contributed by atoms with Crippen LogP contribution in [0.4, 0.5) is 0 Å². The summed E-state index contributed by atoms with van der Waals surface area (Å²) in [5.74, 6) is -1.08. The van der Waals surface area contributed by atoms with Crippen LogP contribution in [-0.2, 0) is 9.59 Å². The smallest absolute Gasteiger partial charge is 0.231 e. The van der Waals surface area contributed by atoms with Gasteiger partial charge in [-0.1, -0.05) is 34.1 Å². The lowest BCUT2D eigenvalue weighted by Gasteiger charge is -2.33. The van der Waals surface area contributed by atoms with Gasteiger partial charge in [0.25, 0.3) is 0 Å². The van der Waals surface area contributed by atoms with Crippen molar-refractivity contribution in [1.82, 2.24) is 4.90 Å². The van der Waals surface area contributed by atoms with Gasteiger partial charge in [-0.2, -0.15) is 0 Å². The van der Waals surface area contributed by atoms with Crippen molar-refractivity contribution in [1.29, 1.82) is 0 Å². The molecule has 110 valence electrons. The number of carbonyl (C=O) groups is 2. The number of nitrogens with zero attached hydrogens (tertiary/aromatic N) is 1. The highest BCUT2D eigenvalue weighted by Gasteiger charge is 2.27. The van der Waals surface area contributed by atoms with Gasteiger partial charge < -0.3 is 17.2 Å². The molecule has 20 heavy (non-hydrogen) atoms. The second kappa shape index (κ2) is 7.37. The quantitative estimate of drug-likeness (QED) is 0.652. The predicted molar refractivity (Wildman–Crippen MR) is 80.5 cm³/mol. The molecule has 6 N–H and O–H groups in total. The number of amides is 2. The third kappa shape index (κ3) is 4.59. The van der Waals surface area contributed by atoms with Crippen LogP contribution >= 0.6 is 15.9 Å². The molecule has 0 saturated carbocycles. The minimum atomic E-state index is -0.538. The number of carbonyl (C=O) groups excluding carboxylic acids is 2. The summed E-state index contributed by atoms with van der Waals surface area (Å²) in [5, 5.41) is 0. The van der Waals surface area contributed by atoms with Crippen molar-refractivity contribution in [3.8, 4) is 0 Å². The molecule has 1 aromatic carbocycles. The zero-order valence-electron chi connectivity index (χ0n) is 11.3. The van der Waals surface area contributed by atoms with Gasteiger partial charge >= 0.3 is 0 Å².